The van der Waals surface area contributed by atoms with Crippen LogP contribution in [0.25, 0.3) is 0 Å². The number of Topliss-reactive ketones (excluding diaryl/α,β-unsaturated/α-hetero) is 1. The molecule has 0 aromatic carbocycles. The van der Waals surface area contributed by atoms with Gasteiger partial charge in [0.1, 0.15) is 11.5 Å². The van der Waals surface area contributed by atoms with Crippen LogP contribution in [0, 0.1) is 24.2 Å². The zero-order valence-corrected chi connectivity index (χ0v) is 13.9. The third-order valence-corrected chi connectivity index (χ3v) is 4.66. The van der Waals surface area contributed by atoms with Crippen LogP contribution in [0.3, 0.4) is 0 Å². The van der Waals surface area contributed by atoms with Gasteiger partial charge in [0.25, 0.3) is 0 Å². The molecule has 3 nitrogen and oxygen atoms in total. The highest BCUT2D eigenvalue weighted by molar-refractivity contribution is 5.82. The van der Waals surface area contributed by atoms with Gasteiger partial charge in [-0.1, -0.05) is 20.8 Å². The first-order chi connectivity index (χ1) is 9.79. The molecule has 2 atom stereocenters. The number of rotatable bonds is 3. The number of aromatic nitrogens is 1. The van der Waals surface area contributed by atoms with Crippen molar-refractivity contribution in [2.24, 2.45) is 17.3 Å². The van der Waals surface area contributed by atoms with E-state index < -0.39 is 0 Å². The number of methoxy groups -OCH3 is 1. The fourth-order valence-electron chi connectivity index (χ4n) is 3.27. The fraction of sp³-hybridized carbons (Fsp3) is 0.667. The molecule has 0 saturated heterocycles. The van der Waals surface area contributed by atoms with Gasteiger partial charge in [-0.05, 0) is 37.5 Å². The molecule has 1 saturated carbocycles. The van der Waals surface area contributed by atoms with E-state index in [4.69, 9.17) is 4.74 Å². The third-order valence-electron chi connectivity index (χ3n) is 4.66. The molecule has 1 aliphatic carbocycles. The Morgan fingerprint density at radius 2 is 2.05 bits per heavy atom. The van der Waals surface area contributed by atoms with Gasteiger partial charge >= 0.3 is 0 Å². The molecule has 1 fully saturated rings. The van der Waals surface area contributed by atoms with E-state index in [0.717, 1.165) is 42.8 Å². The Hall–Kier alpha value is -1.38. The van der Waals surface area contributed by atoms with Gasteiger partial charge in [-0.3, -0.25) is 9.78 Å². The smallest absolute Gasteiger partial charge is 0.136 e. The summed E-state index contributed by atoms with van der Waals surface area (Å²) in [6.45, 7) is 8.79. The minimum atomic E-state index is 0.113. The van der Waals surface area contributed by atoms with E-state index in [0.29, 0.717) is 11.7 Å². The van der Waals surface area contributed by atoms with Crippen LogP contribution in [0.2, 0.25) is 0 Å². The molecule has 2 unspecified atom stereocenters. The fourth-order valence-corrected chi connectivity index (χ4v) is 3.27. The summed E-state index contributed by atoms with van der Waals surface area (Å²) in [6, 6.07) is 3.88. The SMILES string of the molecule is COc1cc(C)nc(CC2CC(C(C)(C)C)CCC2=O)c1. The highest BCUT2D eigenvalue weighted by Crippen LogP contribution is 2.39. The van der Waals surface area contributed by atoms with Gasteiger partial charge in [-0.15, -0.1) is 0 Å². The summed E-state index contributed by atoms with van der Waals surface area (Å²) < 4.78 is 5.30. The Kier molecular flexibility index (Phi) is 4.70. The van der Waals surface area contributed by atoms with Crippen molar-refractivity contribution in [3.8, 4) is 5.75 Å². The van der Waals surface area contributed by atoms with E-state index in [-0.39, 0.29) is 11.3 Å². The molecule has 0 N–H and O–H groups in total. The molecular weight excluding hydrogens is 262 g/mol. The molecule has 21 heavy (non-hydrogen) atoms. The second kappa shape index (κ2) is 6.17. The van der Waals surface area contributed by atoms with E-state index in [9.17, 15) is 4.79 Å². The number of nitrogens with zero attached hydrogens (tertiary/aromatic N) is 1. The van der Waals surface area contributed by atoms with Crippen molar-refractivity contribution in [3.05, 3.63) is 23.5 Å². The molecule has 0 spiro atoms. The van der Waals surface area contributed by atoms with Crippen LogP contribution in [0.4, 0.5) is 0 Å². The van der Waals surface area contributed by atoms with Crippen molar-refractivity contribution < 1.29 is 9.53 Å². The molecule has 2 rings (SSSR count). The predicted octanol–water partition coefficient (Wildman–Crippen LogP) is 3.97. The van der Waals surface area contributed by atoms with Crippen LogP contribution in [0.15, 0.2) is 12.1 Å². The quantitative estimate of drug-likeness (QED) is 0.845. The first-order valence-electron chi connectivity index (χ1n) is 7.84. The standard InChI is InChI=1S/C18H27NO2/c1-12-8-16(21-5)11-15(19-12)10-13-9-14(18(2,3)4)6-7-17(13)20/h8,11,13-14H,6-7,9-10H2,1-5H3. The third kappa shape index (κ3) is 4.05. The van der Waals surface area contributed by atoms with E-state index in [1.807, 2.05) is 19.1 Å². The van der Waals surface area contributed by atoms with Crippen LogP contribution in [-0.2, 0) is 11.2 Å². The number of pyridine rings is 1. The molecule has 0 radical (unpaired) electrons. The van der Waals surface area contributed by atoms with Crippen molar-refractivity contribution in [2.45, 2.75) is 53.4 Å². The summed E-state index contributed by atoms with van der Waals surface area (Å²) in [5.74, 6) is 1.96. The van der Waals surface area contributed by atoms with Gasteiger partial charge < -0.3 is 4.74 Å². The van der Waals surface area contributed by atoms with Crippen LogP contribution in [-0.4, -0.2) is 17.9 Å². The highest BCUT2D eigenvalue weighted by atomic mass is 16.5. The van der Waals surface area contributed by atoms with Gasteiger partial charge in [0.2, 0.25) is 0 Å². The molecule has 3 heteroatoms. The Balaban J connectivity index is 2.13. The molecule has 0 amide bonds. The second-order valence-electron chi connectivity index (χ2n) is 7.34. The van der Waals surface area contributed by atoms with Crippen LogP contribution in [0.1, 0.15) is 51.4 Å². The van der Waals surface area contributed by atoms with Crippen molar-refractivity contribution in [3.63, 3.8) is 0 Å². The molecular formula is C18H27NO2. The Morgan fingerprint density at radius 1 is 1.33 bits per heavy atom. The van der Waals surface area contributed by atoms with Crippen LogP contribution >= 0.6 is 0 Å². The molecule has 1 heterocycles. The predicted molar refractivity (Wildman–Crippen MR) is 84.5 cm³/mol. The Labute approximate surface area is 128 Å². The Bertz CT molecular complexity index is 516. The van der Waals surface area contributed by atoms with E-state index in [1.165, 1.54) is 0 Å². The largest absolute Gasteiger partial charge is 0.497 e. The van der Waals surface area contributed by atoms with E-state index >= 15 is 0 Å². The molecule has 116 valence electrons. The lowest BCUT2D eigenvalue weighted by Crippen LogP contribution is -2.33. The number of carbonyl (C=O) groups excluding carboxylic acids is 1. The van der Waals surface area contributed by atoms with Crippen molar-refractivity contribution >= 4 is 5.78 Å². The van der Waals surface area contributed by atoms with Crippen LogP contribution < -0.4 is 4.74 Å². The summed E-state index contributed by atoms with van der Waals surface area (Å²) in [5, 5.41) is 0. The van der Waals surface area contributed by atoms with E-state index in [2.05, 4.69) is 25.8 Å². The lowest BCUT2D eigenvalue weighted by Gasteiger charge is -2.37. The zero-order chi connectivity index (χ0) is 15.6. The average Bonchev–Trinajstić information content (AvgIpc) is 2.39. The topological polar surface area (TPSA) is 39.2 Å². The molecule has 1 aromatic heterocycles. The van der Waals surface area contributed by atoms with Crippen LogP contribution in [0.5, 0.6) is 5.75 Å². The number of ketones is 1. The lowest BCUT2D eigenvalue weighted by molar-refractivity contribution is -0.126. The zero-order valence-electron chi connectivity index (χ0n) is 13.9. The van der Waals surface area contributed by atoms with Crippen molar-refractivity contribution in [1.82, 2.24) is 4.98 Å². The van der Waals surface area contributed by atoms with Gasteiger partial charge in [0.05, 0.1) is 7.11 Å². The first kappa shape index (κ1) is 16.0. The van der Waals surface area contributed by atoms with E-state index in [1.54, 1.807) is 7.11 Å². The molecule has 1 aliphatic rings. The maximum Gasteiger partial charge on any atom is 0.136 e. The minimum absolute atomic E-state index is 0.113. The average molecular weight is 289 g/mol. The maximum absolute atomic E-state index is 12.3. The summed E-state index contributed by atoms with van der Waals surface area (Å²) in [5.41, 5.74) is 2.19. The number of ether oxygens (including phenoxy) is 1. The van der Waals surface area contributed by atoms with Crippen molar-refractivity contribution in [1.29, 1.82) is 0 Å². The second-order valence-corrected chi connectivity index (χ2v) is 7.34. The minimum Gasteiger partial charge on any atom is -0.497 e. The van der Waals surface area contributed by atoms with Gasteiger partial charge in [-0.25, -0.2) is 0 Å². The molecule has 0 aliphatic heterocycles. The van der Waals surface area contributed by atoms with Gasteiger partial charge in [0.15, 0.2) is 0 Å². The normalized spacial score (nSPS) is 23.2. The van der Waals surface area contributed by atoms with Crippen molar-refractivity contribution in [2.75, 3.05) is 7.11 Å². The maximum atomic E-state index is 12.3. The molecule has 1 aromatic rings. The summed E-state index contributed by atoms with van der Waals surface area (Å²) in [4.78, 5) is 16.8. The summed E-state index contributed by atoms with van der Waals surface area (Å²) in [7, 11) is 1.67. The number of carbonyl (C=O) groups is 1. The summed E-state index contributed by atoms with van der Waals surface area (Å²) in [6.07, 6.45) is 3.47. The van der Waals surface area contributed by atoms with Gasteiger partial charge in [0, 0.05) is 35.9 Å². The highest BCUT2D eigenvalue weighted by Gasteiger charge is 2.35. The number of aryl methyl sites for hydroxylation is 1. The number of hydrogen-bond donors (Lipinski definition) is 0. The Morgan fingerprint density at radius 3 is 2.67 bits per heavy atom. The van der Waals surface area contributed by atoms with Gasteiger partial charge in [-0.2, -0.15) is 0 Å². The number of hydrogen-bond acceptors (Lipinski definition) is 3. The monoisotopic (exact) mass is 289 g/mol. The summed E-state index contributed by atoms with van der Waals surface area (Å²) >= 11 is 0. The molecule has 0 bridgehead atoms. The first-order valence-corrected chi connectivity index (χ1v) is 7.84. The lowest BCUT2D eigenvalue weighted by atomic mass is 9.68.